The Balaban J connectivity index is 1.37. The van der Waals surface area contributed by atoms with E-state index in [9.17, 15) is 4.79 Å². The molecule has 0 amide bonds. The molecule has 2 saturated carbocycles. The van der Waals surface area contributed by atoms with Crippen molar-refractivity contribution in [1.29, 1.82) is 0 Å². The van der Waals surface area contributed by atoms with Crippen LogP contribution in [0.3, 0.4) is 0 Å². The lowest BCUT2D eigenvalue weighted by molar-refractivity contribution is -0.196. The van der Waals surface area contributed by atoms with Crippen LogP contribution >= 0.6 is 0 Å². The van der Waals surface area contributed by atoms with Crippen LogP contribution in [0.25, 0.3) is 5.52 Å². The largest absolute Gasteiger partial charge is 0.456 e. The molecule has 2 aromatic heterocycles. The highest BCUT2D eigenvalue weighted by Crippen LogP contribution is 2.67. The van der Waals surface area contributed by atoms with Crippen LogP contribution in [0.4, 0.5) is 5.82 Å². The first-order valence-electron chi connectivity index (χ1n) is 10.1. The van der Waals surface area contributed by atoms with Crippen LogP contribution in [0.2, 0.25) is 0 Å². The first kappa shape index (κ1) is 17.6. The van der Waals surface area contributed by atoms with Crippen LogP contribution in [-0.2, 0) is 29.3 Å². The van der Waals surface area contributed by atoms with Gasteiger partial charge in [0, 0.05) is 0 Å². The maximum Gasteiger partial charge on any atom is 0.309 e. The first-order chi connectivity index (χ1) is 13.8. The highest BCUT2D eigenvalue weighted by molar-refractivity contribution is 5.74. The highest BCUT2D eigenvalue weighted by Gasteiger charge is 2.88. The normalized spacial score (nSPS) is 39.8. The summed E-state index contributed by atoms with van der Waals surface area (Å²) < 4.78 is 26.7. The van der Waals surface area contributed by atoms with E-state index >= 15 is 0 Å². The zero-order valence-corrected chi connectivity index (χ0v) is 16.6. The number of nitrogen functional groups attached to an aromatic ring is 1. The molecule has 4 heterocycles. The van der Waals surface area contributed by atoms with Crippen molar-refractivity contribution in [3.63, 3.8) is 0 Å². The number of aromatic nitrogens is 3. The second-order valence-corrected chi connectivity index (χ2v) is 9.15. The minimum absolute atomic E-state index is 0.00198. The third-order valence-corrected chi connectivity index (χ3v) is 6.83. The summed E-state index contributed by atoms with van der Waals surface area (Å²) in [6.45, 7) is 5.70. The minimum atomic E-state index is -0.842. The number of nitrogens with zero attached hydrogens (tertiary/aromatic N) is 3. The number of esters is 1. The van der Waals surface area contributed by atoms with Crippen LogP contribution in [0.5, 0.6) is 0 Å². The molecule has 2 aromatic rings. The third-order valence-electron chi connectivity index (χ3n) is 6.83. The van der Waals surface area contributed by atoms with Gasteiger partial charge in [-0.25, -0.2) is 9.50 Å². The predicted octanol–water partition coefficient (Wildman–Crippen LogP) is 1.54. The summed E-state index contributed by atoms with van der Waals surface area (Å²) in [6.07, 6.45) is 2.99. The molecule has 2 N–H and O–H groups in total. The fraction of sp³-hybridized carbons (Fsp3) is 0.650. The van der Waals surface area contributed by atoms with Gasteiger partial charge in [-0.3, -0.25) is 4.79 Å². The van der Waals surface area contributed by atoms with E-state index < -0.39 is 29.2 Å². The molecule has 4 fully saturated rings. The van der Waals surface area contributed by atoms with Crippen LogP contribution in [0, 0.1) is 5.92 Å². The van der Waals surface area contributed by atoms with Crippen molar-refractivity contribution in [1.82, 2.24) is 14.6 Å². The molecule has 5 atom stereocenters. The Hall–Kier alpha value is -2.23. The molecule has 2 aliphatic heterocycles. The van der Waals surface area contributed by atoms with E-state index in [4.69, 9.17) is 24.7 Å². The molecule has 1 spiro atoms. The number of nitrogens with two attached hydrogens (primary N) is 1. The molecular weight excluding hydrogens is 376 g/mol. The molecule has 0 aromatic carbocycles. The van der Waals surface area contributed by atoms with Crippen molar-refractivity contribution in [2.45, 2.75) is 75.3 Å². The first-order valence-corrected chi connectivity index (χ1v) is 10.1. The molecule has 0 bridgehead atoms. The summed E-state index contributed by atoms with van der Waals surface area (Å²) in [5, 5.41) is 4.35. The van der Waals surface area contributed by atoms with Gasteiger partial charge in [0.25, 0.3) is 0 Å². The van der Waals surface area contributed by atoms with Crippen LogP contribution in [0.15, 0.2) is 18.5 Å². The fourth-order valence-corrected chi connectivity index (χ4v) is 5.18. The number of fused-ring (bicyclic) bond motifs is 1. The third kappa shape index (κ3) is 2.13. The van der Waals surface area contributed by atoms with E-state index in [1.807, 2.05) is 32.9 Å². The van der Waals surface area contributed by atoms with Crippen LogP contribution in [0.1, 0.15) is 45.7 Å². The average Bonchev–Trinajstić information content (AvgIpc) is 2.96. The second-order valence-electron chi connectivity index (χ2n) is 9.15. The lowest BCUT2D eigenvalue weighted by Crippen LogP contribution is -2.45. The van der Waals surface area contributed by atoms with E-state index in [1.165, 1.54) is 6.33 Å². The molecular formula is C20H24N4O5. The Morgan fingerprint density at radius 1 is 1.28 bits per heavy atom. The number of carbonyl (C=O) groups excluding carboxylic acids is 1. The summed E-state index contributed by atoms with van der Waals surface area (Å²) in [6, 6.07) is 3.79. The number of hydrogen-bond acceptors (Lipinski definition) is 8. The van der Waals surface area contributed by atoms with Crippen molar-refractivity contribution < 1.29 is 23.7 Å². The predicted molar refractivity (Wildman–Crippen MR) is 99.6 cm³/mol. The van der Waals surface area contributed by atoms with E-state index in [2.05, 4.69) is 10.1 Å². The zero-order chi connectivity index (χ0) is 20.2. The average molecular weight is 400 g/mol. The monoisotopic (exact) mass is 400 g/mol. The van der Waals surface area contributed by atoms with Crippen molar-refractivity contribution >= 4 is 17.3 Å². The van der Waals surface area contributed by atoms with Gasteiger partial charge < -0.3 is 24.7 Å². The van der Waals surface area contributed by atoms with Crippen molar-refractivity contribution in [2.75, 3.05) is 5.73 Å². The van der Waals surface area contributed by atoms with Gasteiger partial charge in [-0.2, -0.15) is 5.10 Å². The topological polar surface area (TPSA) is 110 Å². The van der Waals surface area contributed by atoms with E-state index in [1.54, 1.807) is 4.52 Å². The molecule has 2 aliphatic carbocycles. The van der Waals surface area contributed by atoms with Gasteiger partial charge in [0.15, 0.2) is 23.3 Å². The van der Waals surface area contributed by atoms with Gasteiger partial charge in [-0.1, -0.05) is 6.42 Å². The standard InChI is InChI=1S/C20H24N4O5/c1-18(2)28-17-19(3,12-8-7-11-15(21)22-9-23-24(11)12)27-14-13(20(14,17)29-18)26-16(25)10-5-4-6-10/h7-10,13-14,17H,4-6H2,1-3H3,(H2,21,22,23)/t13?,14-,17+,19+,20-/m1/s1. The van der Waals surface area contributed by atoms with Crippen LogP contribution in [-0.4, -0.2) is 50.3 Å². The number of carbonyl (C=O) groups is 1. The van der Waals surface area contributed by atoms with Crippen molar-refractivity contribution in [2.24, 2.45) is 5.92 Å². The molecule has 9 heteroatoms. The van der Waals surface area contributed by atoms with Gasteiger partial charge in [-0.05, 0) is 45.7 Å². The molecule has 29 heavy (non-hydrogen) atoms. The molecule has 9 nitrogen and oxygen atoms in total. The second kappa shape index (κ2) is 5.27. The molecule has 1 unspecified atom stereocenters. The Kier molecular flexibility index (Phi) is 3.20. The van der Waals surface area contributed by atoms with E-state index in [0.717, 1.165) is 25.0 Å². The fourth-order valence-electron chi connectivity index (χ4n) is 5.18. The Morgan fingerprint density at radius 2 is 2.07 bits per heavy atom. The Bertz CT molecular complexity index is 1030. The SMILES string of the molecule is CC1(C)O[C@@H]2[C@@]3(O1)C(OC(=O)C1CCC1)[C@H]3O[C@@]2(C)c1ccc2c(N)ncnn12. The lowest BCUT2D eigenvalue weighted by atomic mass is 9.86. The molecule has 6 rings (SSSR count). The van der Waals surface area contributed by atoms with Gasteiger partial charge in [-0.15, -0.1) is 0 Å². The number of hydrogen-bond donors (Lipinski definition) is 1. The Morgan fingerprint density at radius 3 is 2.79 bits per heavy atom. The number of rotatable bonds is 3. The minimum Gasteiger partial charge on any atom is -0.456 e. The summed E-state index contributed by atoms with van der Waals surface area (Å²) >= 11 is 0. The molecule has 2 saturated heterocycles. The van der Waals surface area contributed by atoms with Gasteiger partial charge >= 0.3 is 5.97 Å². The summed E-state index contributed by atoms with van der Waals surface area (Å²) in [7, 11) is 0. The van der Waals surface area contributed by atoms with E-state index in [-0.39, 0.29) is 18.0 Å². The zero-order valence-electron chi connectivity index (χ0n) is 16.6. The van der Waals surface area contributed by atoms with E-state index in [0.29, 0.717) is 11.3 Å². The molecule has 4 aliphatic rings. The number of ether oxygens (including phenoxy) is 4. The smallest absolute Gasteiger partial charge is 0.309 e. The van der Waals surface area contributed by atoms with Crippen LogP contribution < -0.4 is 5.73 Å². The van der Waals surface area contributed by atoms with Gasteiger partial charge in [0.05, 0.1) is 11.6 Å². The lowest BCUT2D eigenvalue weighted by Gasteiger charge is -2.33. The quantitative estimate of drug-likeness (QED) is 0.773. The number of anilines is 1. The maximum absolute atomic E-state index is 12.4. The maximum atomic E-state index is 12.4. The summed E-state index contributed by atoms with van der Waals surface area (Å²) in [5.74, 6) is -0.575. The summed E-state index contributed by atoms with van der Waals surface area (Å²) in [4.78, 5) is 16.5. The Labute approximate surface area is 167 Å². The molecule has 154 valence electrons. The highest BCUT2D eigenvalue weighted by atomic mass is 16.8. The van der Waals surface area contributed by atoms with Gasteiger partial charge in [0.1, 0.15) is 29.7 Å². The van der Waals surface area contributed by atoms with Crippen molar-refractivity contribution in [3.8, 4) is 0 Å². The molecule has 0 radical (unpaired) electrons. The van der Waals surface area contributed by atoms with Crippen molar-refractivity contribution in [3.05, 3.63) is 24.2 Å². The van der Waals surface area contributed by atoms with Gasteiger partial charge in [0.2, 0.25) is 0 Å². The summed E-state index contributed by atoms with van der Waals surface area (Å²) in [5.41, 5.74) is 5.84.